The van der Waals surface area contributed by atoms with Crippen molar-refractivity contribution in [1.82, 2.24) is 9.97 Å². The summed E-state index contributed by atoms with van der Waals surface area (Å²) in [6.45, 7) is 0.324. The van der Waals surface area contributed by atoms with Crippen LogP contribution in [0, 0.1) is 38.6 Å². The maximum Gasteiger partial charge on any atom is 0.353 e. The summed E-state index contributed by atoms with van der Waals surface area (Å²) in [6.07, 6.45) is 1.31. The van der Waals surface area contributed by atoms with Gasteiger partial charge in [0.05, 0.1) is 35.6 Å². The third kappa shape index (κ3) is 4.39. The summed E-state index contributed by atoms with van der Waals surface area (Å²) in [5.41, 5.74) is -0.424. The van der Waals surface area contributed by atoms with E-state index in [1.165, 1.54) is 23.1 Å². The Balaban J connectivity index is 2.46. The van der Waals surface area contributed by atoms with Crippen molar-refractivity contribution < 1.29 is 9.31 Å². The quantitative estimate of drug-likeness (QED) is 0.564. The van der Waals surface area contributed by atoms with Gasteiger partial charge in [0.2, 0.25) is 11.6 Å². The summed E-state index contributed by atoms with van der Waals surface area (Å²) in [6, 6.07) is 9.60. The van der Waals surface area contributed by atoms with E-state index in [0.717, 1.165) is 6.33 Å². The number of rotatable bonds is 8. The fourth-order valence-electron chi connectivity index (χ4n) is 2.24. The molecule has 0 saturated heterocycles. The van der Waals surface area contributed by atoms with Crippen molar-refractivity contribution in [2.24, 2.45) is 0 Å². The lowest BCUT2D eigenvalue weighted by molar-refractivity contribution is -0.383. The van der Waals surface area contributed by atoms with E-state index >= 15 is 0 Å². The van der Waals surface area contributed by atoms with Crippen molar-refractivity contribution in [3.63, 3.8) is 0 Å². The van der Waals surface area contributed by atoms with Crippen molar-refractivity contribution in [2.45, 2.75) is 12.8 Å². The normalized spacial score (nSPS) is 9.81. The smallest absolute Gasteiger partial charge is 0.349 e. The standard InChI is InChI=1S/C16H14FN7O2/c17-12-5-1-2-6-13(12)22-15-14(24(25)26)16(21-11-20-15)23(9-3-7-18)10-4-8-19/h1-2,5-6,11H,3-4,9-10H2,(H,20,21,22). The molecule has 0 saturated carbocycles. The van der Waals surface area contributed by atoms with Crippen molar-refractivity contribution in [1.29, 1.82) is 10.5 Å². The van der Waals surface area contributed by atoms with E-state index in [4.69, 9.17) is 10.5 Å². The van der Waals surface area contributed by atoms with Crippen LogP contribution in [-0.4, -0.2) is 28.0 Å². The zero-order chi connectivity index (χ0) is 18.9. The van der Waals surface area contributed by atoms with Crippen molar-refractivity contribution in [2.75, 3.05) is 23.3 Å². The lowest BCUT2D eigenvalue weighted by atomic mass is 10.3. The van der Waals surface area contributed by atoms with Gasteiger partial charge in [-0.3, -0.25) is 10.1 Å². The molecular formula is C16H14FN7O2. The average molecular weight is 355 g/mol. The molecule has 0 radical (unpaired) electrons. The van der Waals surface area contributed by atoms with Gasteiger partial charge in [0.1, 0.15) is 12.1 Å². The number of nitrogens with zero attached hydrogens (tertiary/aromatic N) is 6. The topological polar surface area (TPSA) is 132 Å². The number of nitriles is 2. The zero-order valence-corrected chi connectivity index (χ0v) is 13.6. The van der Waals surface area contributed by atoms with Gasteiger partial charge in [-0.25, -0.2) is 14.4 Å². The van der Waals surface area contributed by atoms with Gasteiger partial charge >= 0.3 is 5.69 Å². The third-order valence-corrected chi connectivity index (χ3v) is 3.40. The fraction of sp³-hybridized carbons (Fsp3) is 0.250. The highest BCUT2D eigenvalue weighted by atomic mass is 19.1. The summed E-state index contributed by atoms with van der Waals surface area (Å²) >= 11 is 0. The summed E-state index contributed by atoms with van der Waals surface area (Å²) in [7, 11) is 0. The minimum absolute atomic E-state index is 0.0286. The van der Waals surface area contributed by atoms with E-state index in [1.54, 1.807) is 6.07 Å². The first kappa shape index (κ1) is 18.5. The average Bonchev–Trinajstić information content (AvgIpc) is 2.63. The number of hydrogen-bond donors (Lipinski definition) is 1. The zero-order valence-electron chi connectivity index (χ0n) is 13.6. The van der Waals surface area contributed by atoms with Gasteiger partial charge in [0.25, 0.3) is 0 Å². The van der Waals surface area contributed by atoms with E-state index in [9.17, 15) is 14.5 Å². The Bertz CT molecular complexity index is 858. The highest BCUT2D eigenvalue weighted by molar-refractivity contribution is 5.74. The van der Waals surface area contributed by atoms with E-state index in [0.29, 0.717) is 0 Å². The Morgan fingerprint density at radius 3 is 2.42 bits per heavy atom. The largest absolute Gasteiger partial charge is 0.353 e. The monoisotopic (exact) mass is 355 g/mol. The van der Waals surface area contributed by atoms with E-state index in [-0.39, 0.29) is 43.3 Å². The molecule has 9 nitrogen and oxygen atoms in total. The molecule has 26 heavy (non-hydrogen) atoms. The molecule has 0 atom stereocenters. The molecule has 1 aromatic carbocycles. The van der Waals surface area contributed by atoms with Crippen molar-refractivity contribution in [3.05, 3.63) is 46.5 Å². The molecular weight excluding hydrogens is 341 g/mol. The number of hydrogen-bond acceptors (Lipinski definition) is 8. The van der Waals surface area contributed by atoms with Gasteiger partial charge in [0.15, 0.2) is 0 Å². The molecule has 0 aliphatic rings. The second-order valence-corrected chi connectivity index (χ2v) is 5.06. The minimum atomic E-state index is -0.676. The summed E-state index contributed by atoms with van der Waals surface area (Å²) in [4.78, 5) is 20.2. The van der Waals surface area contributed by atoms with Gasteiger partial charge in [-0.1, -0.05) is 12.1 Å². The van der Waals surface area contributed by atoms with Crippen LogP contribution in [0.2, 0.25) is 0 Å². The van der Waals surface area contributed by atoms with Crippen LogP contribution in [0.15, 0.2) is 30.6 Å². The molecule has 0 aliphatic carbocycles. The van der Waals surface area contributed by atoms with Crippen LogP contribution in [0.25, 0.3) is 0 Å². The highest BCUT2D eigenvalue weighted by Gasteiger charge is 2.27. The Morgan fingerprint density at radius 1 is 1.19 bits per heavy atom. The number of nitro groups is 1. The molecule has 0 spiro atoms. The number of halogens is 1. The lowest BCUT2D eigenvalue weighted by Gasteiger charge is -2.21. The molecule has 2 rings (SSSR count). The number of aromatic nitrogens is 2. The first-order valence-electron chi connectivity index (χ1n) is 7.58. The predicted molar refractivity (Wildman–Crippen MR) is 91.0 cm³/mol. The van der Waals surface area contributed by atoms with Crippen LogP contribution >= 0.6 is 0 Å². The third-order valence-electron chi connectivity index (χ3n) is 3.40. The molecule has 0 amide bonds. The number of nitrogens with one attached hydrogen (secondary N) is 1. The van der Waals surface area contributed by atoms with Gasteiger partial charge in [-0.05, 0) is 12.1 Å². The molecule has 0 fully saturated rings. The predicted octanol–water partition coefficient (Wildman–Crippen LogP) is 2.90. The Labute approximate surface area is 148 Å². The molecule has 0 aliphatic heterocycles. The second-order valence-electron chi connectivity index (χ2n) is 5.06. The summed E-state index contributed by atoms with van der Waals surface area (Å²) < 4.78 is 13.8. The SMILES string of the molecule is N#CCCN(CCC#N)c1ncnc(Nc2ccccc2F)c1[N+](=O)[O-]. The molecule has 132 valence electrons. The van der Waals surface area contributed by atoms with Crippen molar-refractivity contribution >= 4 is 23.0 Å². The van der Waals surface area contributed by atoms with Crippen LogP contribution in [0.3, 0.4) is 0 Å². The molecule has 0 bridgehead atoms. The lowest BCUT2D eigenvalue weighted by Crippen LogP contribution is -2.27. The first-order valence-corrected chi connectivity index (χ1v) is 7.58. The number of para-hydroxylation sites is 1. The summed E-state index contributed by atoms with van der Waals surface area (Å²) in [5, 5.41) is 31.8. The van der Waals surface area contributed by atoms with Gasteiger partial charge in [-0.15, -0.1) is 0 Å². The molecule has 1 N–H and O–H groups in total. The minimum Gasteiger partial charge on any atom is -0.349 e. The molecule has 1 aromatic heterocycles. The summed E-state index contributed by atoms with van der Waals surface area (Å²) in [5.74, 6) is -0.800. The Hall–Kier alpha value is -3.79. The van der Waals surface area contributed by atoms with Crippen LogP contribution in [0.1, 0.15) is 12.8 Å². The Morgan fingerprint density at radius 2 is 1.85 bits per heavy atom. The van der Waals surface area contributed by atoms with Crippen LogP contribution < -0.4 is 10.2 Å². The number of anilines is 3. The number of benzene rings is 1. The maximum absolute atomic E-state index is 13.8. The van der Waals surface area contributed by atoms with Gasteiger partial charge < -0.3 is 10.2 Å². The molecule has 2 aromatic rings. The van der Waals surface area contributed by atoms with E-state index < -0.39 is 16.4 Å². The van der Waals surface area contributed by atoms with E-state index in [1.807, 2.05) is 12.1 Å². The Kier molecular flexibility index (Phi) is 6.34. The molecule has 10 heteroatoms. The molecule has 1 heterocycles. The van der Waals surface area contributed by atoms with Crippen LogP contribution in [0.5, 0.6) is 0 Å². The maximum atomic E-state index is 13.8. The first-order chi connectivity index (χ1) is 12.6. The van der Waals surface area contributed by atoms with E-state index in [2.05, 4.69) is 15.3 Å². The van der Waals surface area contributed by atoms with Gasteiger partial charge in [0, 0.05) is 13.1 Å². The van der Waals surface area contributed by atoms with Crippen molar-refractivity contribution in [3.8, 4) is 12.1 Å². The van der Waals surface area contributed by atoms with Crippen LogP contribution in [-0.2, 0) is 0 Å². The second kappa shape index (κ2) is 8.89. The van der Waals surface area contributed by atoms with Crippen LogP contribution in [0.4, 0.5) is 27.4 Å². The van der Waals surface area contributed by atoms with Gasteiger partial charge in [-0.2, -0.15) is 10.5 Å². The molecule has 0 unspecified atom stereocenters. The fourth-order valence-corrected chi connectivity index (χ4v) is 2.24. The highest BCUT2D eigenvalue weighted by Crippen LogP contribution is 2.34.